The smallest absolute Gasteiger partial charge is 0.348 e. The Kier molecular flexibility index (Phi) is 7.36. The Morgan fingerprint density at radius 1 is 1.25 bits per heavy atom. The summed E-state index contributed by atoms with van der Waals surface area (Å²) < 4.78 is 5.11. The van der Waals surface area contributed by atoms with E-state index < -0.39 is 5.97 Å². The Hall–Kier alpha value is -2.30. The van der Waals surface area contributed by atoms with Gasteiger partial charge in [-0.05, 0) is 47.1 Å². The summed E-state index contributed by atoms with van der Waals surface area (Å²) in [6.45, 7) is 15.2. The second-order valence-electron chi connectivity index (χ2n) is 9.19. The highest BCUT2D eigenvalue weighted by Crippen LogP contribution is 2.29. The average Bonchev–Trinajstić information content (AvgIpc) is 3.04. The van der Waals surface area contributed by atoms with Gasteiger partial charge in [0, 0.05) is 31.7 Å². The van der Waals surface area contributed by atoms with Crippen molar-refractivity contribution in [2.45, 2.75) is 53.1 Å². The van der Waals surface area contributed by atoms with Crippen LogP contribution in [0.25, 0.3) is 10.2 Å². The van der Waals surface area contributed by atoms with Crippen molar-refractivity contribution in [2.24, 2.45) is 0 Å². The number of carbonyl (C=O) groups is 2. The fourth-order valence-corrected chi connectivity index (χ4v) is 4.97. The second kappa shape index (κ2) is 9.68. The van der Waals surface area contributed by atoms with Gasteiger partial charge in [-0.2, -0.15) is 0 Å². The first-order chi connectivity index (χ1) is 15.0. The first-order valence-corrected chi connectivity index (χ1v) is 11.8. The summed E-state index contributed by atoms with van der Waals surface area (Å²) in [6, 6.07) is -0.0916. The largest absolute Gasteiger partial charge is 0.462 e. The number of rotatable bonds is 6. The number of carbonyl (C=O) groups excluding carboxylic acids is 2. The summed E-state index contributed by atoms with van der Waals surface area (Å²) in [5.41, 5.74) is 0.133. The molecule has 1 aliphatic rings. The van der Waals surface area contributed by atoms with Gasteiger partial charge in [-0.15, -0.1) is 11.3 Å². The van der Waals surface area contributed by atoms with Crippen LogP contribution in [0.4, 0.5) is 0 Å². The number of aromatic nitrogens is 2. The van der Waals surface area contributed by atoms with E-state index in [1.54, 1.807) is 13.8 Å². The first-order valence-electron chi connectivity index (χ1n) is 11.0. The average molecular weight is 464 g/mol. The molecule has 0 bridgehead atoms. The number of esters is 1. The molecule has 1 amide bonds. The van der Waals surface area contributed by atoms with E-state index in [0.717, 1.165) is 26.2 Å². The molecule has 9 nitrogen and oxygen atoms in total. The van der Waals surface area contributed by atoms with E-state index >= 15 is 0 Å². The maximum atomic E-state index is 12.8. The summed E-state index contributed by atoms with van der Waals surface area (Å²) in [7, 11) is 0. The molecule has 2 aromatic heterocycles. The summed E-state index contributed by atoms with van der Waals surface area (Å²) in [6.07, 6.45) is 0. The molecule has 32 heavy (non-hydrogen) atoms. The van der Waals surface area contributed by atoms with E-state index in [9.17, 15) is 14.4 Å². The molecule has 3 rings (SSSR count). The minimum Gasteiger partial charge on any atom is -0.462 e. The highest BCUT2D eigenvalue weighted by molar-refractivity contribution is 7.20. The molecule has 3 heterocycles. The minimum absolute atomic E-state index is 0.0286. The van der Waals surface area contributed by atoms with Gasteiger partial charge in [-0.25, -0.2) is 9.78 Å². The van der Waals surface area contributed by atoms with Crippen molar-refractivity contribution < 1.29 is 14.3 Å². The van der Waals surface area contributed by atoms with Gasteiger partial charge in [-0.3, -0.25) is 19.4 Å². The number of hydrogen-bond donors (Lipinski definition) is 2. The molecule has 0 aromatic carbocycles. The monoisotopic (exact) mass is 463 g/mol. The third-order valence-electron chi connectivity index (χ3n) is 5.51. The second-order valence-corrected chi connectivity index (χ2v) is 10.2. The maximum absolute atomic E-state index is 12.8. The van der Waals surface area contributed by atoms with Crippen molar-refractivity contribution in [1.82, 2.24) is 25.1 Å². The number of fused-ring (bicyclic) bond motifs is 1. The minimum atomic E-state index is -0.423. The molecule has 0 spiro atoms. The van der Waals surface area contributed by atoms with E-state index in [1.165, 1.54) is 11.3 Å². The predicted octanol–water partition coefficient (Wildman–Crippen LogP) is 2.06. The third-order valence-corrected chi connectivity index (χ3v) is 6.68. The molecule has 1 saturated heterocycles. The number of H-pyrrole nitrogens is 1. The van der Waals surface area contributed by atoms with Gasteiger partial charge in [0.15, 0.2) is 0 Å². The lowest BCUT2D eigenvalue weighted by atomic mass is 10.1. The Balaban J connectivity index is 1.70. The Labute approximate surface area is 192 Å². The normalized spacial score (nSPS) is 16.8. The van der Waals surface area contributed by atoms with Crippen LogP contribution in [0.5, 0.6) is 0 Å². The number of nitrogens with one attached hydrogen (secondary N) is 2. The van der Waals surface area contributed by atoms with Crippen LogP contribution < -0.4 is 10.9 Å². The first kappa shape index (κ1) is 24.3. The van der Waals surface area contributed by atoms with Gasteiger partial charge >= 0.3 is 5.97 Å². The van der Waals surface area contributed by atoms with E-state index in [2.05, 4.69) is 25.1 Å². The summed E-state index contributed by atoms with van der Waals surface area (Å²) >= 11 is 1.20. The van der Waals surface area contributed by atoms with Crippen molar-refractivity contribution in [3.63, 3.8) is 0 Å². The van der Waals surface area contributed by atoms with Gasteiger partial charge < -0.3 is 15.0 Å². The standard InChI is InChI=1S/C22H33N5O4S/c1-7-31-21(30)17-13(2)16-19(29)23-18(24-20(16)32-17)14(3)27-10-8-26(9-11-27)12-15(28)25-22(4,5)6/h14H,7-12H2,1-6H3,(H,25,28)(H,23,24,29). The SMILES string of the molecule is CCOC(=O)c1sc2nc(C(C)N3CCN(CC(=O)NC(C)(C)C)CC3)[nH]c(=O)c2c1C. The van der Waals surface area contributed by atoms with Gasteiger partial charge in [0.1, 0.15) is 15.5 Å². The Morgan fingerprint density at radius 3 is 2.50 bits per heavy atom. The van der Waals surface area contributed by atoms with E-state index in [0.29, 0.717) is 33.0 Å². The van der Waals surface area contributed by atoms with E-state index in [1.807, 2.05) is 27.7 Å². The highest BCUT2D eigenvalue weighted by atomic mass is 32.1. The van der Waals surface area contributed by atoms with Crippen molar-refractivity contribution in [3.05, 3.63) is 26.6 Å². The number of amides is 1. The lowest BCUT2D eigenvalue weighted by molar-refractivity contribution is -0.124. The lowest BCUT2D eigenvalue weighted by Crippen LogP contribution is -2.52. The van der Waals surface area contributed by atoms with Crippen LogP contribution in [0.3, 0.4) is 0 Å². The number of piperazine rings is 1. The van der Waals surface area contributed by atoms with Crippen LogP contribution in [0, 0.1) is 6.92 Å². The summed E-state index contributed by atoms with van der Waals surface area (Å²) in [5, 5.41) is 3.44. The molecular formula is C22H33N5O4S. The Morgan fingerprint density at radius 2 is 1.91 bits per heavy atom. The number of nitrogens with zero attached hydrogens (tertiary/aromatic N) is 3. The molecule has 2 aromatic rings. The molecule has 0 radical (unpaired) electrons. The zero-order valence-corrected chi connectivity index (χ0v) is 20.5. The fourth-order valence-electron chi connectivity index (χ4n) is 3.89. The Bertz CT molecular complexity index is 1050. The molecule has 0 aliphatic carbocycles. The summed E-state index contributed by atoms with van der Waals surface area (Å²) in [4.78, 5) is 50.1. The van der Waals surface area contributed by atoms with E-state index in [4.69, 9.17) is 4.74 Å². The number of aromatic amines is 1. The van der Waals surface area contributed by atoms with Gasteiger partial charge in [0.25, 0.3) is 5.56 Å². The molecule has 176 valence electrons. The van der Waals surface area contributed by atoms with Crippen LogP contribution in [-0.2, 0) is 9.53 Å². The van der Waals surface area contributed by atoms with Crippen LogP contribution in [0.1, 0.15) is 61.7 Å². The molecule has 1 fully saturated rings. The number of ether oxygens (including phenoxy) is 1. The van der Waals surface area contributed by atoms with Crippen LogP contribution >= 0.6 is 11.3 Å². The topological polar surface area (TPSA) is 108 Å². The van der Waals surface area contributed by atoms with Gasteiger partial charge in [0.2, 0.25) is 5.91 Å². The zero-order chi connectivity index (χ0) is 23.6. The zero-order valence-electron chi connectivity index (χ0n) is 19.7. The quantitative estimate of drug-likeness (QED) is 0.632. The number of hydrogen-bond acceptors (Lipinski definition) is 8. The third kappa shape index (κ3) is 5.54. The molecule has 0 saturated carbocycles. The van der Waals surface area contributed by atoms with Crippen LogP contribution in [0.2, 0.25) is 0 Å². The van der Waals surface area contributed by atoms with Crippen LogP contribution in [0.15, 0.2) is 4.79 Å². The van der Waals surface area contributed by atoms with Gasteiger partial charge in [-0.1, -0.05) is 0 Å². The van der Waals surface area contributed by atoms with Crippen molar-refractivity contribution >= 4 is 33.4 Å². The number of thiophene rings is 1. The van der Waals surface area contributed by atoms with Gasteiger partial charge in [0.05, 0.1) is 24.6 Å². The fraction of sp³-hybridized carbons (Fsp3) is 0.636. The molecule has 10 heteroatoms. The van der Waals surface area contributed by atoms with Crippen molar-refractivity contribution in [1.29, 1.82) is 0 Å². The summed E-state index contributed by atoms with van der Waals surface area (Å²) in [5.74, 6) is 0.188. The van der Waals surface area contributed by atoms with Crippen LogP contribution in [-0.4, -0.2) is 76.5 Å². The van der Waals surface area contributed by atoms with E-state index in [-0.39, 0.29) is 29.7 Å². The molecule has 1 aliphatic heterocycles. The highest BCUT2D eigenvalue weighted by Gasteiger charge is 2.27. The molecule has 2 N–H and O–H groups in total. The number of aryl methyl sites for hydroxylation is 1. The molecule has 1 atom stereocenters. The predicted molar refractivity (Wildman–Crippen MR) is 125 cm³/mol. The van der Waals surface area contributed by atoms with Crippen molar-refractivity contribution in [3.8, 4) is 0 Å². The van der Waals surface area contributed by atoms with Crippen molar-refractivity contribution in [2.75, 3.05) is 39.3 Å². The molecular weight excluding hydrogens is 430 g/mol. The molecule has 1 unspecified atom stereocenters. The lowest BCUT2D eigenvalue weighted by Gasteiger charge is -2.37. The maximum Gasteiger partial charge on any atom is 0.348 e.